The van der Waals surface area contributed by atoms with Crippen molar-refractivity contribution in [3.8, 4) is 0 Å². The van der Waals surface area contributed by atoms with Gasteiger partial charge in [-0.1, -0.05) is 47.0 Å². The molecule has 1 aliphatic heterocycles. The maximum atomic E-state index is 13.0. The van der Waals surface area contributed by atoms with Crippen LogP contribution in [0.2, 0.25) is 0 Å². The molecule has 1 spiro atoms. The van der Waals surface area contributed by atoms with Crippen LogP contribution in [0.4, 0.5) is 0 Å². The van der Waals surface area contributed by atoms with E-state index in [0.717, 1.165) is 25.7 Å². The smallest absolute Gasteiger partial charge is 0.244 e. The van der Waals surface area contributed by atoms with Crippen molar-refractivity contribution in [1.29, 1.82) is 0 Å². The third-order valence-corrected chi connectivity index (χ3v) is 5.48. The molecule has 1 saturated heterocycles. The molecule has 0 aromatic rings. The summed E-state index contributed by atoms with van der Waals surface area (Å²) in [6, 6.07) is 0.337. The molecule has 3 atom stereocenters. The molecule has 1 heterocycles. The van der Waals surface area contributed by atoms with E-state index in [-0.39, 0.29) is 11.7 Å². The molecule has 0 radical (unpaired) electrons. The summed E-state index contributed by atoms with van der Waals surface area (Å²) in [6.07, 6.45) is 6.89. The molecular weight excluding hydrogens is 248 g/mol. The molecule has 116 valence electrons. The molecule has 3 unspecified atom stereocenters. The molecule has 2 rings (SSSR count). The van der Waals surface area contributed by atoms with Gasteiger partial charge in [-0.2, -0.15) is 0 Å². The van der Waals surface area contributed by atoms with E-state index in [1.54, 1.807) is 0 Å². The van der Waals surface area contributed by atoms with Gasteiger partial charge < -0.3 is 4.90 Å². The number of carbonyl (C=O) groups is 1. The van der Waals surface area contributed by atoms with Gasteiger partial charge in [-0.25, -0.2) is 0 Å². The third-order valence-electron chi connectivity index (χ3n) is 5.48. The van der Waals surface area contributed by atoms with Gasteiger partial charge in [0.25, 0.3) is 0 Å². The van der Waals surface area contributed by atoms with Gasteiger partial charge in [0.15, 0.2) is 0 Å². The fraction of sp³-hybridized carbons (Fsp3) is 0.941. The zero-order chi connectivity index (χ0) is 14.9. The van der Waals surface area contributed by atoms with E-state index in [9.17, 15) is 4.79 Å². The first-order valence-electron chi connectivity index (χ1n) is 8.51. The standard InChI is InChI=1S/C17H32N2O/c1-6-13(4)14(5)19-15(11-12(2)3)18-17(16(19)20)9-7-8-10-17/h12-15,18H,6-11H2,1-5H3. The second-order valence-electron chi connectivity index (χ2n) is 7.42. The van der Waals surface area contributed by atoms with Crippen molar-refractivity contribution in [3.05, 3.63) is 0 Å². The third kappa shape index (κ3) is 2.74. The van der Waals surface area contributed by atoms with Crippen LogP contribution >= 0.6 is 0 Å². The Kier molecular flexibility index (Phi) is 4.78. The fourth-order valence-corrected chi connectivity index (χ4v) is 3.88. The first kappa shape index (κ1) is 15.8. The number of hydrogen-bond acceptors (Lipinski definition) is 2. The largest absolute Gasteiger partial charge is 0.323 e. The Labute approximate surface area is 124 Å². The van der Waals surface area contributed by atoms with Gasteiger partial charge in [0.2, 0.25) is 5.91 Å². The van der Waals surface area contributed by atoms with Gasteiger partial charge in [-0.05, 0) is 38.0 Å². The van der Waals surface area contributed by atoms with Gasteiger partial charge >= 0.3 is 0 Å². The van der Waals surface area contributed by atoms with Crippen LogP contribution in [-0.2, 0) is 4.79 Å². The lowest BCUT2D eigenvalue weighted by molar-refractivity contribution is -0.136. The van der Waals surface area contributed by atoms with Crippen molar-refractivity contribution >= 4 is 5.91 Å². The first-order valence-corrected chi connectivity index (χ1v) is 8.51. The molecule has 2 fully saturated rings. The predicted molar refractivity (Wildman–Crippen MR) is 83.3 cm³/mol. The molecule has 3 heteroatoms. The van der Waals surface area contributed by atoms with Crippen LogP contribution < -0.4 is 5.32 Å². The minimum Gasteiger partial charge on any atom is -0.323 e. The minimum atomic E-state index is -0.221. The molecular formula is C17H32N2O. The summed E-state index contributed by atoms with van der Waals surface area (Å²) < 4.78 is 0. The topological polar surface area (TPSA) is 32.3 Å². The Balaban J connectivity index is 2.22. The molecule has 20 heavy (non-hydrogen) atoms. The van der Waals surface area contributed by atoms with Crippen LogP contribution in [0.1, 0.15) is 73.1 Å². The zero-order valence-electron chi connectivity index (χ0n) is 13.9. The van der Waals surface area contributed by atoms with Crippen LogP contribution in [0, 0.1) is 11.8 Å². The molecule has 1 saturated carbocycles. The van der Waals surface area contributed by atoms with Crippen molar-refractivity contribution in [2.24, 2.45) is 11.8 Å². The summed E-state index contributed by atoms with van der Waals surface area (Å²) in [4.78, 5) is 15.2. The average molecular weight is 280 g/mol. The van der Waals surface area contributed by atoms with Gasteiger partial charge in [-0.15, -0.1) is 0 Å². The van der Waals surface area contributed by atoms with Crippen LogP contribution in [0.15, 0.2) is 0 Å². The molecule has 1 aliphatic carbocycles. The van der Waals surface area contributed by atoms with Crippen LogP contribution in [0.5, 0.6) is 0 Å². The van der Waals surface area contributed by atoms with E-state index in [2.05, 4.69) is 44.8 Å². The van der Waals surface area contributed by atoms with Crippen LogP contribution in [0.25, 0.3) is 0 Å². The normalized spacial score (nSPS) is 28.6. The van der Waals surface area contributed by atoms with Crippen molar-refractivity contribution in [1.82, 2.24) is 10.2 Å². The number of nitrogens with one attached hydrogen (secondary N) is 1. The lowest BCUT2D eigenvalue weighted by atomic mass is 9.95. The Morgan fingerprint density at radius 2 is 1.85 bits per heavy atom. The van der Waals surface area contributed by atoms with E-state index >= 15 is 0 Å². The quantitative estimate of drug-likeness (QED) is 0.835. The maximum Gasteiger partial charge on any atom is 0.244 e. The number of rotatable bonds is 5. The SMILES string of the molecule is CCC(C)C(C)N1C(=O)C2(CCCC2)NC1CC(C)C. The highest BCUT2D eigenvalue weighted by molar-refractivity contribution is 5.89. The highest BCUT2D eigenvalue weighted by Gasteiger charge is 2.53. The van der Waals surface area contributed by atoms with Crippen LogP contribution in [0.3, 0.4) is 0 Å². The molecule has 1 amide bonds. The van der Waals surface area contributed by atoms with Gasteiger partial charge in [0.1, 0.15) is 0 Å². The monoisotopic (exact) mass is 280 g/mol. The summed E-state index contributed by atoms with van der Waals surface area (Å²) in [5.41, 5.74) is -0.221. The Morgan fingerprint density at radius 1 is 1.25 bits per heavy atom. The lowest BCUT2D eigenvalue weighted by Crippen LogP contribution is -2.47. The molecule has 3 nitrogen and oxygen atoms in total. The summed E-state index contributed by atoms with van der Waals surface area (Å²) in [6.45, 7) is 11.2. The highest BCUT2D eigenvalue weighted by Crippen LogP contribution is 2.39. The van der Waals surface area contributed by atoms with Crippen molar-refractivity contribution in [2.75, 3.05) is 0 Å². The molecule has 0 bridgehead atoms. The van der Waals surface area contributed by atoms with Crippen molar-refractivity contribution in [3.63, 3.8) is 0 Å². The Morgan fingerprint density at radius 3 is 2.35 bits per heavy atom. The van der Waals surface area contributed by atoms with Crippen molar-refractivity contribution < 1.29 is 4.79 Å². The fourth-order valence-electron chi connectivity index (χ4n) is 3.88. The number of hydrogen-bond donors (Lipinski definition) is 1. The van der Waals surface area contributed by atoms with E-state index in [0.29, 0.717) is 23.8 Å². The molecule has 0 aromatic carbocycles. The second-order valence-corrected chi connectivity index (χ2v) is 7.42. The number of amides is 1. The van der Waals surface area contributed by atoms with E-state index in [1.807, 2.05) is 0 Å². The lowest BCUT2D eigenvalue weighted by Gasteiger charge is -2.34. The van der Waals surface area contributed by atoms with Crippen molar-refractivity contribution in [2.45, 2.75) is 90.9 Å². The average Bonchev–Trinajstić information content (AvgIpc) is 2.95. The highest BCUT2D eigenvalue weighted by atomic mass is 16.2. The Hall–Kier alpha value is -0.570. The second kappa shape index (κ2) is 6.05. The Bertz CT molecular complexity index is 347. The molecule has 2 aliphatic rings. The van der Waals surface area contributed by atoms with Gasteiger partial charge in [-0.3, -0.25) is 10.1 Å². The van der Waals surface area contributed by atoms with Gasteiger partial charge in [0, 0.05) is 6.04 Å². The summed E-state index contributed by atoms with van der Waals surface area (Å²) >= 11 is 0. The predicted octanol–water partition coefficient (Wildman–Crippen LogP) is 3.54. The summed E-state index contributed by atoms with van der Waals surface area (Å²) in [5, 5.41) is 3.73. The van der Waals surface area contributed by atoms with E-state index in [4.69, 9.17) is 0 Å². The zero-order valence-corrected chi connectivity index (χ0v) is 13.9. The first-order chi connectivity index (χ1) is 9.41. The van der Waals surface area contributed by atoms with E-state index < -0.39 is 0 Å². The summed E-state index contributed by atoms with van der Waals surface area (Å²) in [5.74, 6) is 1.56. The van der Waals surface area contributed by atoms with E-state index in [1.165, 1.54) is 12.8 Å². The molecule has 0 aromatic heterocycles. The molecule has 1 N–H and O–H groups in total. The van der Waals surface area contributed by atoms with Crippen LogP contribution in [-0.4, -0.2) is 28.6 Å². The summed E-state index contributed by atoms with van der Waals surface area (Å²) in [7, 11) is 0. The number of nitrogens with zero attached hydrogens (tertiary/aromatic N) is 1. The maximum absolute atomic E-state index is 13.0. The minimum absolute atomic E-state index is 0.221. The van der Waals surface area contributed by atoms with Gasteiger partial charge in [0.05, 0.1) is 11.7 Å². The number of carbonyl (C=O) groups excluding carboxylic acids is 1.